The van der Waals surface area contributed by atoms with E-state index in [1.165, 1.54) is 0 Å². The van der Waals surface area contributed by atoms with Gasteiger partial charge in [-0.3, -0.25) is 9.20 Å². The fourth-order valence-electron chi connectivity index (χ4n) is 1.93. The summed E-state index contributed by atoms with van der Waals surface area (Å²) in [6, 6.07) is 3.95. The van der Waals surface area contributed by atoms with Crippen LogP contribution in [0.3, 0.4) is 0 Å². The van der Waals surface area contributed by atoms with Crippen LogP contribution in [0.15, 0.2) is 31.0 Å². The summed E-state index contributed by atoms with van der Waals surface area (Å²) in [7, 11) is 0. The molecule has 2 aromatic heterocycles. The number of nitrogens with one attached hydrogen (secondary N) is 1. The van der Waals surface area contributed by atoms with Gasteiger partial charge in [-0.2, -0.15) is 0 Å². The van der Waals surface area contributed by atoms with Crippen LogP contribution >= 0.6 is 0 Å². The average Bonchev–Trinajstić information content (AvgIpc) is 2.73. The van der Waals surface area contributed by atoms with E-state index >= 15 is 0 Å². The molecule has 2 heterocycles. The van der Waals surface area contributed by atoms with E-state index in [2.05, 4.69) is 16.9 Å². The van der Waals surface area contributed by atoms with Crippen molar-refractivity contribution in [2.75, 3.05) is 6.54 Å². The van der Waals surface area contributed by atoms with E-state index in [1.807, 2.05) is 36.6 Å². The van der Waals surface area contributed by atoms with E-state index in [4.69, 9.17) is 0 Å². The first-order valence-corrected chi connectivity index (χ1v) is 6.04. The van der Waals surface area contributed by atoms with Crippen molar-refractivity contribution in [2.24, 2.45) is 0 Å². The summed E-state index contributed by atoms with van der Waals surface area (Å²) >= 11 is 0. The van der Waals surface area contributed by atoms with Gasteiger partial charge in [0.25, 0.3) is 5.91 Å². The van der Waals surface area contributed by atoms with Crippen LogP contribution in [0.2, 0.25) is 0 Å². The number of aromatic nitrogens is 2. The first-order valence-electron chi connectivity index (χ1n) is 6.04. The van der Waals surface area contributed by atoms with Crippen molar-refractivity contribution in [2.45, 2.75) is 20.3 Å². The van der Waals surface area contributed by atoms with Crippen molar-refractivity contribution in [1.82, 2.24) is 14.7 Å². The minimum Gasteiger partial charge on any atom is -0.347 e. The number of amides is 1. The number of hydrogen-bond donors (Lipinski definition) is 1. The Labute approximate surface area is 106 Å². The summed E-state index contributed by atoms with van der Waals surface area (Å²) in [5.74, 6) is -0.108. The van der Waals surface area contributed by atoms with Gasteiger partial charge in [-0.05, 0) is 31.0 Å². The number of carbonyl (C=O) groups is 1. The Bertz CT molecular complexity index is 598. The zero-order valence-corrected chi connectivity index (χ0v) is 10.7. The molecule has 4 nitrogen and oxygen atoms in total. The van der Waals surface area contributed by atoms with E-state index in [0.29, 0.717) is 12.2 Å². The zero-order chi connectivity index (χ0) is 13.1. The van der Waals surface area contributed by atoms with Crippen LogP contribution in [0, 0.1) is 6.92 Å². The van der Waals surface area contributed by atoms with Gasteiger partial charge in [-0.1, -0.05) is 13.0 Å². The Morgan fingerprint density at radius 3 is 3.06 bits per heavy atom. The highest BCUT2D eigenvalue weighted by atomic mass is 16.1. The van der Waals surface area contributed by atoms with Crippen molar-refractivity contribution < 1.29 is 4.79 Å². The molecule has 0 bridgehead atoms. The smallest absolute Gasteiger partial charge is 0.270 e. The third-order valence-electron chi connectivity index (χ3n) is 2.81. The molecule has 1 N–H and O–H groups in total. The molecule has 0 aliphatic heterocycles. The minimum absolute atomic E-state index is 0.108. The fraction of sp³-hybridized carbons (Fsp3) is 0.286. The molecule has 2 aromatic rings. The Morgan fingerprint density at radius 2 is 2.39 bits per heavy atom. The van der Waals surface area contributed by atoms with Crippen molar-refractivity contribution in [3.8, 4) is 0 Å². The number of rotatable bonds is 4. The molecule has 0 spiro atoms. The van der Waals surface area contributed by atoms with Crippen LogP contribution in [0.25, 0.3) is 5.65 Å². The minimum atomic E-state index is -0.108. The molecule has 0 fully saturated rings. The molecule has 0 aliphatic carbocycles. The van der Waals surface area contributed by atoms with Gasteiger partial charge in [0.05, 0.1) is 5.69 Å². The van der Waals surface area contributed by atoms with Crippen LogP contribution in [0.5, 0.6) is 0 Å². The predicted molar refractivity (Wildman–Crippen MR) is 71.8 cm³/mol. The molecule has 0 atom stereocenters. The molecule has 0 unspecified atom stereocenters. The number of nitrogens with zero attached hydrogens (tertiary/aromatic N) is 2. The third kappa shape index (κ3) is 2.14. The average molecular weight is 243 g/mol. The van der Waals surface area contributed by atoms with Crippen LogP contribution in [0.4, 0.5) is 0 Å². The second-order valence-corrected chi connectivity index (χ2v) is 4.19. The van der Waals surface area contributed by atoms with Crippen molar-refractivity contribution in [3.05, 3.63) is 47.9 Å². The van der Waals surface area contributed by atoms with E-state index in [9.17, 15) is 4.79 Å². The van der Waals surface area contributed by atoms with Crippen LogP contribution in [-0.2, 0) is 6.42 Å². The molecular weight excluding hydrogens is 226 g/mol. The Hall–Kier alpha value is -2.10. The maximum Gasteiger partial charge on any atom is 0.270 e. The van der Waals surface area contributed by atoms with E-state index in [1.54, 1.807) is 6.08 Å². The number of aryl methyl sites for hydroxylation is 2. The molecule has 94 valence electrons. The maximum atomic E-state index is 12.1. The van der Waals surface area contributed by atoms with Crippen molar-refractivity contribution in [3.63, 3.8) is 0 Å². The Balaban J connectivity index is 2.53. The molecule has 0 aromatic carbocycles. The first-order chi connectivity index (χ1) is 8.67. The summed E-state index contributed by atoms with van der Waals surface area (Å²) in [6.07, 6.45) is 4.29. The van der Waals surface area contributed by atoms with Crippen LogP contribution < -0.4 is 5.32 Å². The number of pyridine rings is 1. The van der Waals surface area contributed by atoms with Gasteiger partial charge in [-0.25, -0.2) is 4.98 Å². The van der Waals surface area contributed by atoms with Gasteiger partial charge >= 0.3 is 0 Å². The molecule has 0 saturated carbocycles. The van der Waals surface area contributed by atoms with Gasteiger partial charge in [0.2, 0.25) is 0 Å². The molecule has 4 heteroatoms. The molecule has 0 aliphatic rings. The summed E-state index contributed by atoms with van der Waals surface area (Å²) in [4.78, 5) is 16.6. The highest BCUT2D eigenvalue weighted by Crippen LogP contribution is 2.14. The Morgan fingerprint density at radius 1 is 1.61 bits per heavy atom. The number of fused-ring (bicyclic) bond motifs is 1. The standard InChI is InChI=1S/C14H17N3O/c1-4-7-15-14(18)13-11(5-2)16-12-9-10(3)6-8-17(12)13/h4,6,8-9H,1,5,7H2,2-3H3,(H,15,18). The third-order valence-corrected chi connectivity index (χ3v) is 2.81. The predicted octanol–water partition coefficient (Wildman–Crippen LogP) is 2.12. The number of hydrogen-bond acceptors (Lipinski definition) is 2. The quantitative estimate of drug-likeness (QED) is 0.836. The van der Waals surface area contributed by atoms with Gasteiger partial charge in [0, 0.05) is 12.7 Å². The second-order valence-electron chi connectivity index (χ2n) is 4.19. The van der Waals surface area contributed by atoms with Crippen LogP contribution in [-0.4, -0.2) is 21.8 Å². The lowest BCUT2D eigenvalue weighted by atomic mass is 10.2. The van der Waals surface area contributed by atoms with Gasteiger partial charge < -0.3 is 5.32 Å². The molecule has 0 radical (unpaired) electrons. The van der Waals surface area contributed by atoms with Crippen molar-refractivity contribution in [1.29, 1.82) is 0 Å². The second kappa shape index (κ2) is 5.04. The lowest BCUT2D eigenvalue weighted by Gasteiger charge is -2.04. The monoisotopic (exact) mass is 243 g/mol. The fourth-order valence-corrected chi connectivity index (χ4v) is 1.93. The van der Waals surface area contributed by atoms with Gasteiger partial charge in [-0.15, -0.1) is 6.58 Å². The molecule has 0 saturated heterocycles. The van der Waals surface area contributed by atoms with Gasteiger partial charge in [0.15, 0.2) is 0 Å². The molecular formula is C14H17N3O. The van der Waals surface area contributed by atoms with Gasteiger partial charge in [0.1, 0.15) is 11.3 Å². The maximum absolute atomic E-state index is 12.1. The van der Waals surface area contributed by atoms with Crippen molar-refractivity contribution >= 4 is 11.6 Å². The summed E-state index contributed by atoms with van der Waals surface area (Å²) in [5.41, 5.74) is 3.39. The highest BCUT2D eigenvalue weighted by Gasteiger charge is 2.17. The number of carbonyl (C=O) groups excluding carboxylic acids is 1. The molecule has 2 rings (SSSR count). The van der Waals surface area contributed by atoms with E-state index < -0.39 is 0 Å². The molecule has 18 heavy (non-hydrogen) atoms. The Kier molecular flexibility index (Phi) is 3.46. The lowest BCUT2D eigenvalue weighted by molar-refractivity contribution is 0.0951. The lowest BCUT2D eigenvalue weighted by Crippen LogP contribution is -2.25. The normalized spacial score (nSPS) is 10.6. The first kappa shape index (κ1) is 12.4. The summed E-state index contributed by atoms with van der Waals surface area (Å²) in [6.45, 7) is 8.06. The summed E-state index contributed by atoms with van der Waals surface area (Å²) in [5, 5.41) is 2.80. The van der Waals surface area contributed by atoms with Crippen LogP contribution in [0.1, 0.15) is 28.7 Å². The molecule has 1 amide bonds. The topological polar surface area (TPSA) is 46.4 Å². The van der Waals surface area contributed by atoms with E-state index in [-0.39, 0.29) is 5.91 Å². The van der Waals surface area contributed by atoms with E-state index in [0.717, 1.165) is 23.3 Å². The number of imidazole rings is 1. The largest absolute Gasteiger partial charge is 0.347 e. The highest BCUT2D eigenvalue weighted by molar-refractivity contribution is 5.94. The summed E-state index contributed by atoms with van der Waals surface area (Å²) < 4.78 is 1.84. The SMILES string of the molecule is C=CCNC(=O)c1c(CC)nc2cc(C)ccn12. The zero-order valence-electron chi connectivity index (χ0n) is 10.7.